The van der Waals surface area contributed by atoms with Crippen molar-refractivity contribution in [3.63, 3.8) is 0 Å². The van der Waals surface area contributed by atoms with E-state index in [2.05, 4.69) is 298 Å². The second-order valence-corrected chi connectivity index (χ2v) is 20.7. The smallest absolute Gasteiger partial charge is 0.000844 e. The van der Waals surface area contributed by atoms with Crippen LogP contribution in [0.1, 0.15) is 126 Å². The molecule has 8 aromatic rings. The van der Waals surface area contributed by atoms with E-state index in [4.69, 9.17) is 0 Å². The Labute approximate surface area is 455 Å². The van der Waals surface area contributed by atoms with Gasteiger partial charge in [-0.3, -0.25) is 0 Å². The molecule has 8 aromatic carbocycles. The Hall–Kier alpha value is -8.32. The fourth-order valence-corrected chi connectivity index (χ4v) is 11.6. The molecular weight excluding hydrogens is 913 g/mol. The third-order valence-electron chi connectivity index (χ3n) is 15.6. The molecule has 0 bridgehead atoms. The highest BCUT2D eigenvalue weighted by Gasteiger charge is 2.24. The molecule has 12 rings (SSSR count). The Kier molecular flexibility index (Phi) is 17.2. The third kappa shape index (κ3) is 11.9. The van der Waals surface area contributed by atoms with Crippen LogP contribution >= 0.6 is 0 Å². The maximum Gasteiger partial charge on any atom is -0.000844 e. The molecule has 0 saturated carbocycles. The first kappa shape index (κ1) is 52.5. The van der Waals surface area contributed by atoms with Crippen LogP contribution in [0.15, 0.2) is 287 Å². The van der Waals surface area contributed by atoms with Crippen molar-refractivity contribution < 1.29 is 0 Å². The molecule has 0 spiro atoms. The molecule has 0 atom stereocenters. The predicted octanol–water partition coefficient (Wildman–Crippen LogP) is 21.4. The maximum absolute atomic E-state index is 2.25. The summed E-state index contributed by atoms with van der Waals surface area (Å²) in [5, 5.41) is 0. The van der Waals surface area contributed by atoms with E-state index in [-0.39, 0.29) is 0 Å². The molecule has 76 heavy (non-hydrogen) atoms. The molecule has 0 amide bonds. The van der Waals surface area contributed by atoms with Gasteiger partial charge in [0, 0.05) is 0 Å². The van der Waals surface area contributed by atoms with Crippen LogP contribution in [-0.2, 0) is 0 Å². The summed E-state index contributed by atoms with van der Waals surface area (Å²) in [4.78, 5) is 0. The second-order valence-electron chi connectivity index (χ2n) is 20.7. The van der Waals surface area contributed by atoms with Gasteiger partial charge in [0.15, 0.2) is 0 Å². The molecule has 0 nitrogen and oxygen atoms in total. The summed E-state index contributed by atoms with van der Waals surface area (Å²) in [6.07, 6.45) is 4.28. The second kappa shape index (κ2) is 24.8. The van der Waals surface area contributed by atoms with Crippen molar-refractivity contribution in [3.8, 4) is 0 Å². The van der Waals surface area contributed by atoms with E-state index in [0.717, 1.165) is 25.7 Å². The van der Waals surface area contributed by atoms with E-state index in [0.29, 0.717) is 0 Å². The van der Waals surface area contributed by atoms with Gasteiger partial charge in [0.1, 0.15) is 0 Å². The first-order valence-electron chi connectivity index (χ1n) is 27.1. The van der Waals surface area contributed by atoms with Crippen LogP contribution in [0.4, 0.5) is 0 Å². The molecule has 0 radical (unpaired) electrons. The van der Waals surface area contributed by atoms with Crippen molar-refractivity contribution in [1.82, 2.24) is 0 Å². The summed E-state index contributed by atoms with van der Waals surface area (Å²) in [6.45, 7) is 18.0. The van der Waals surface area contributed by atoms with Crippen LogP contribution in [0.2, 0.25) is 0 Å². The molecule has 4 aliphatic carbocycles. The van der Waals surface area contributed by atoms with E-state index in [1.165, 1.54) is 134 Å². The van der Waals surface area contributed by atoms with Gasteiger partial charge in [-0.25, -0.2) is 0 Å². The van der Waals surface area contributed by atoms with Crippen LogP contribution in [0.3, 0.4) is 0 Å². The molecule has 0 heteroatoms. The summed E-state index contributed by atoms with van der Waals surface area (Å²) in [5.41, 5.74) is 33.9. The molecule has 0 aromatic heterocycles. The minimum atomic E-state index is 1.05. The highest BCUT2D eigenvalue weighted by molar-refractivity contribution is 6.09. The van der Waals surface area contributed by atoms with E-state index >= 15 is 0 Å². The minimum Gasteiger partial charge on any atom is -0.0653 e. The highest BCUT2D eigenvalue weighted by Crippen LogP contribution is 2.46. The standard InChI is InChI=1S/4C19H18/c1-14-15(2)19(17-11-7-4-8-12-17)13-18(14)16-9-5-3-6-10-16;1-14-13-18(16-9-5-3-6-10-16)15(2)19(14)17-11-7-4-8-12-17;1-14-13-18(16-9-5-3-6-10-16)19(15(14)2)17-11-7-4-8-12-17;1-14-13-15(2)19(17-11-7-4-8-12-17)18(14)16-9-5-3-6-10-16/h4*3-12H,13H2,1-2H3. The van der Waals surface area contributed by atoms with E-state index in [9.17, 15) is 0 Å². The van der Waals surface area contributed by atoms with Crippen LogP contribution < -0.4 is 0 Å². The zero-order valence-corrected chi connectivity index (χ0v) is 45.9. The lowest BCUT2D eigenvalue weighted by Crippen LogP contribution is -1.90. The minimum absolute atomic E-state index is 1.05. The maximum atomic E-state index is 2.25. The van der Waals surface area contributed by atoms with Crippen LogP contribution in [0.5, 0.6) is 0 Å². The van der Waals surface area contributed by atoms with E-state index in [1.807, 2.05) is 0 Å². The van der Waals surface area contributed by atoms with Crippen molar-refractivity contribution in [2.45, 2.75) is 81.1 Å². The van der Waals surface area contributed by atoms with Gasteiger partial charge in [0.2, 0.25) is 0 Å². The Bertz CT molecular complexity index is 3420. The Morgan fingerprint density at radius 3 is 0.737 bits per heavy atom. The zero-order chi connectivity index (χ0) is 53.0. The Morgan fingerprint density at radius 2 is 0.408 bits per heavy atom. The first-order chi connectivity index (χ1) is 37.1. The van der Waals surface area contributed by atoms with E-state index in [1.54, 1.807) is 0 Å². The van der Waals surface area contributed by atoms with Crippen molar-refractivity contribution >= 4 is 44.6 Å². The summed E-state index contributed by atoms with van der Waals surface area (Å²) in [5.74, 6) is 0. The van der Waals surface area contributed by atoms with Gasteiger partial charge in [-0.2, -0.15) is 0 Å². The molecule has 0 saturated heterocycles. The van der Waals surface area contributed by atoms with Crippen LogP contribution in [0, 0.1) is 0 Å². The van der Waals surface area contributed by atoms with Gasteiger partial charge in [-0.15, -0.1) is 0 Å². The Morgan fingerprint density at radius 1 is 0.171 bits per heavy atom. The summed E-state index contributed by atoms with van der Waals surface area (Å²) < 4.78 is 0. The van der Waals surface area contributed by atoms with Crippen molar-refractivity contribution in [3.05, 3.63) is 332 Å². The number of hydrogen-bond acceptors (Lipinski definition) is 0. The average Bonchev–Trinajstić information content (AvgIpc) is 4.17. The SMILES string of the molecule is CC1=C(C)C(c2ccccc2)=C(c2ccccc2)C1.CC1=C(c2ccccc2)C(C)=C(c2ccccc2)C1.CC1=C(c2ccccc2)C(c2ccccc2)=C(C)C1.CC1=C(c2ccccc2)CC(c2ccccc2)=C1C. The molecule has 376 valence electrons. The number of hydrogen-bond donors (Lipinski definition) is 0. The first-order valence-corrected chi connectivity index (χ1v) is 27.1. The summed E-state index contributed by atoms with van der Waals surface area (Å²) >= 11 is 0. The fourth-order valence-electron chi connectivity index (χ4n) is 11.6. The van der Waals surface area contributed by atoms with E-state index < -0.39 is 0 Å². The molecule has 4 aliphatic rings. The van der Waals surface area contributed by atoms with Gasteiger partial charge in [0.05, 0.1) is 0 Å². The van der Waals surface area contributed by atoms with Gasteiger partial charge >= 0.3 is 0 Å². The van der Waals surface area contributed by atoms with Gasteiger partial charge in [-0.05, 0) is 192 Å². The molecule has 0 fully saturated rings. The van der Waals surface area contributed by atoms with Gasteiger partial charge in [0.25, 0.3) is 0 Å². The topological polar surface area (TPSA) is 0 Å². The number of allylic oxidation sites excluding steroid dienone is 16. The lowest BCUT2D eigenvalue weighted by molar-refractivity contribution is 1.15. The van der Waals surface area contributed by atoms with Crippen molar-refractivity contribution in [1.29, 1.82) is 0 Å². The fraction of sp³-hybridized carbons (Fsp3) is 0.158. The molecular formula is C76H72. The predicted molar refractivity (Wildman–Crippen MR) is 331 cm³/mol. The van der Waals surface area contributed by atoms with Crippen LogP contribution in [-0.4, -0.2) is 0 Å². The van der Waals surface area contributed by atoms with Gasteiger partial charge in [-0.1, -0.05) is 265 Å². The Balaban J connectivity index is 0.000000124. The summed E-state index contributed by atoms with van der Waals surface area (Å²) in [7, 11) is 0. The normalized spacial score (nSPS) is 15.3. The highest BCUT2D eigenvalue weighted by atomic mass is 14.3. The number of benzene rings is 8. The summed E-state index contributed by atoms with van der Waals surface area (Å²) in [6, 6.07) is 85.8. The molecule has 0 unspecified atom stereocenters. The lowest BCUT2D eigenvalue weighted by atomic mass is 9.92. The zero-order valence-electron chi connectivity index (χ0n) is 45.9. The largest absolute Gasteiger partial charge is 0.0653 e. The third-order valence-corrected chi connectivity index (χ3v) is 15.6. The monoisotopic (exact) mass is 985 g/mol. The quantitative estimate of drug-likeness (QED) is 0.142. The van der Waals surface area contributed by atoms with Gasteiger partial charge < -0.3 is 0 Å². The lowest BCUT2D eigenvalue weighted by Gasteiger charge is -2.12. The molecule has 0 N–H and O–H groups in total. The number of rotatable bonds is 8. The molecule has 0 heterocycles. The van der Waals surface area contributed by atoms with Crippen molar-refractivity contribution in [2.24, 2.45) is 0 Å². The van der Waals surface area contributed by atoms with Crippen LogP contribution in [0.25, 0.3) is 44.6 Å². The average molecular weight is 985 g/mol. The van der Waals surface area contributed by atoms with Crippen molar-refractivity contribution in [2.75, 3.05) is 0 Å². The molecule has 0 aliphatic heterocycles.